The fourth-order valence-corrected chi connectivity index (χ4v) is 4.38. The Morgan fingerprint density at radius 1 is 0.969 bits per heavy atom. The highest BCUT2D eigenvalue weighted by molar-refractivity contribution is 5.90. The van der Waals surface area contributed by atoms with Crippen LogP contribution in [-0.4, -0.2) is 15.5 Å². The van der Waals surface area contributed by atoms with Gasteiger partial charge in [-0.25, -0.2) is 9.18 Å². The zero-order valence-corrected chi connectivity index (χ0v) is 17.8. The Morgan fingerprint density at radius 2 is 1.72 bits per heavy atom. The maximum atomic E-state index is 14.3. The van der Waals surface area contributed by atoms with Crippen LogP contribution in [0.3, 0.4) is 0 Å². The average molecular weight is 426 g/mol. The molecule has 0 fully saturated rings. The molecule has 2 amide bonds. The summed E-state index contributed by atoms with van der Waals surface area (Å²) in [7, 11) is 0. The van der Waals surface area contributed by atoms with E-state index >= 15 is 0 Å². The first-order chi connectivity index (χ1) is 15.7. The lowest BCUT2D eigenvalue weighted by Crippen LogP contribution is -2.38. The molecule has 1 aromatic heterocycles. The number of fused-ring (bicyclic) bond motifs is 3. The van der Waals surface area contributed by atoms with E-state index in [2.05, 4.69) is 47.1 Å². The number of benzene rings is 3. The highest BCUT2D eigenvalue weighted by atomic mass is 19.1. The molecule has 2 heterocycles. The number of aryl methyl sites for hydroxylation is 1. The SMILES string of the molecule is CCc1ccc([C@@H]2c3cccn3-c3ccccc3CN2C(=O)Nc2ccccc2F)cc1. The smallest absolute Gasteiger partial charge is 0.318 e. The van der Waals surface area contributed by atoms with Crippen molar-refractivity contribution in [1.82, 2.24) is 9.47 Å². The number of anilines is 1. The van der Waals surface area contributed by atoms with Gasteiger partial charge in [0.1, 0.15) is 5.82 Å². The molecule has 5 heteroatoms. The van der Waals surface area contributed by atoms with Crippen LogP contribution in [0.5, 0.6) is 0 Å². The van der Waals surface area contributed by atoms with Crippen molar-refractivity contribution >= 4 is 11.7 Å². The zero-order valence-electron chi connectivity index (χ0n) is 17.8. The topological polar surface area (TPSA) is 37.3 Å². The molecule has 1 atom stereocenters. The van der Waals surface area contributed by atoms with E-state index in [9.17, 15) is 9.18 Å². The molecule has 0 radical (unpaired) electrons. The minimum Gasteiger partial charge on any atom is -0.318 e. The number of carbonyl (C=O) groups excluding carboxylic acids is 1. The lowest BCUT2D eigenvalue weighted by molar-refractivity contribution is 0.194. The quantitative estimate of drug-likeness (QED) is 0.410. The number of rotatable bonds is 3. The van der Waals surface area contributed by atoms with E-state index in [0.29, 0.717) is 6.54 Å². The van der Waals surface area contributed by atoms with Crippen LogP contribution in [0.4, 0.5) is 14.9 Å². The van der Waals surface area contributed by atoms with Crippen molar-refractivity contribution in [3.05, 3.63) is 119 Å². The molecule has 0 saturated heterocycles. The first kappa shape index (κ1) is 20.1. The van der Waals surface area contributed by atoms with Gasteiger partial charge in [-0.3, -0.25) is 0 Å². The fourth-order valence-electron chi connectivity index (χ4n) is 4.38. The molecule has 160 valence electrons. The number of amides is 2. The highest BCUT2D eigenvalue weighted by Crippen LogP contribution is 2.37. The molecule has 0 bridgehead atoms. The van der Waals surface area contributed by atoms with Crippen molar-refractivity contribution in [1.29, 1.82) is 0 Å². The van der Waals surface area contributed by atoms with E-state index in [1.54, 1.807) is 23.1 Å². The van der Waals surface area contributed by atoms with Gasteiger partial charge in [0.15, 0.2) is 0 Å². The number of para-hydroxylation sites is 2. The molecule has 4 nitrogen and oxygen atoms in total. The van der Waals surface area contributed by atoms with Crippen molar-refractivity contribution in [2.75, 3.05) is 5.32 Å². The van der Waals surface area contributed by atoms with E-state index in [4.69, 9.17) is 0 Å². The summed E-state index contributed by atoms with van der Waals surface area (Å²) in [6.07, 6.45) is 2.98. The van der Waals surface area contributed by atoms with Crippen molar-refractivity contribution in [3.63, 3.8) is 0 Å². The first-order valence-electron chi connectivity index (χ1n) is 10.8. The number of carbonyl (C=O) groups is 1. The van der Waals surface area contributed by atoms with Gasteiger partial charge in [0.05, 0.1) is 24.0 Å². The lowest BCUT2D eigenvalue weighted by Gasteiger charge is -2.31. The maximum Gasteiger partial charge on any atom is 0.323 e. The number of urea groups is 1. The third-order valence-electron chi connectivity index (χ3n) is 6.04. The minimum absolute atomic E-state index is 0.172. The van der Waals surface area contributed by atoms with Gasteiger partial charge in [-0.15, -0.1) is 0 Å². The number of hydrogen-bond acceptors (Lipinski definition) is 1. The van der Waals surface area contributed by atoms with Crippen LogP contribution in [0.15, 0.2) is 91.1 Å². The van der Waals surface area contributed by atoms with Crippen LogP contribution in [0.25, 0.3) is 5.69 Å². The molecule has 0 unspecified atom stereocenters. The third kappa shape index (κ3) is 3.56. The summed E-state index contributed by atoms with van der Waals surface area (Å²) in [6, 6.07) is 26.1. The molecule has 1 aliphatic rings. The van der Waals surface area contributed by atoms with Gasteiger partial charge >= 0.3 is 6.03 Å². The Hall–Kier alpha value is -3.86. The summed E-state index contributed by atoms with van der Waals surface area (Å²) in [4.78, 5) is 15.3. The number of halogens is 1. The Balaban J connectivity index is 1.63. The van der Waals surface area contributed by atoms with Gasteiger partial charge in [0, 0.05) is 11.9 Å². The number of hydrogen-bond donors (Lipinski definition) is 1. The largest absolute Gasteiger partial charge is 0.323 e. The van der Waals surface area contributed by atoms with Crippen molar-refractivity contribution in [2.24, 2.45) is 0 Å². The Labute approximate surface area is 186 Å². The first-order valence-corrected chi connectivity index (χ1v) is 10.8. The normalized spacial score (nSPS) is 14.9. The van der Waals surface area contributed by atoms with Gasteiger partial charge in [0.25, 0.3) is 0 Å². The van der Waals surface area contributed by atoms with Crippen LogP contribution in [0.1, 0.15) is 35.3 Å². The molecule has 0 saturated carbocycles. The second-order valence-electron chi connectivity index (χ2n) is 7.97. The molecule has 0 aliphatic carbocycles. The molecular formula is C27H24FN3O. The Kier molecular flexibility index (Phi) is 5.23. The Morgan fingerprint density at radius 3 is 2.50 bits per heavy atom. The average Bonchev–Trinajstić information content (AvgIpc) is 3.25. The van der Waals surface area contributed by atoms with Gasteiger partial charge in [-0.05, 0) is 53.4 Å². The second kappa shape index (κ2) is 8.35. The summed E-state index contributed by atoms with van der Waals surface area (Å²) in [5.41, 5.74) is 5.49. The van der Waals surface area contributed by atoms with Crippen molar-refractivity contribution < 1.29 is 9.18 Å². The minimum atomic E-state index is -0.455. The van der Waals surface area contributed by atoms with E-state index < -0.39 is 5.82 Å². The van der Waals surface area contributed by atoms with Crippen LogP contribution in [0, 0.1) is 5.82 Å². The van der Waals surface area contributed by atoms with Gasteiger partial charge in [-0.2, -0.15) is 0 Å². The summed E-state index contributed by atoms with van der Waals surface area (Å²) in [5.74, 6) is -0.455. The van der Waals surface area contributed by atoms with Crippen LogP contribution < -0.4 is 5.32 Å². The second-order valence-corrected chi connectivity index (χ2v) is 7.97. The molecule has 0 spiro atoms. The Bertz CT molecular complexity index is 1260. The number of nitrogens with one attached hydrogen (secondary N) is 1. The maximum absolute atomic E-state index is 14.3. The standard InChI is InChI=1S/C27H24FN3O/c1-2-19-13-15-20(16-14-19)26-25-12-7-17-30(25)24-11-6-3-8-21(24)18-31(26)27(32)29-23-10-5-4-9-22(23)28/h3-17,26H,2,18H2,1H3,(H,29,32)/t26-/m1/s1. The van der Waals surface area contributed by atoms with E-state index in [1.165, 1.54) is 11.6 Å². The number of aromatic nitrogens is 1. The number of nitrogens with zero attached hydrogens (tertiary/aromatic N) is 2. The molecule has 5 rings (SSSR count). The monoisotopic (exact) mass is 425 g/mol. The summed E-state index contributed by atoms with van der Waals surface area (Å²) < 4.78 is 16.4. The zero-order chi connectivity index (χ0) is 22.1. The highest BCUT2D eigenvalue weighted by Gasteiger charge is 2.33. The molecule has 1 N–H and O–H groups in total. The summed E-state index contributed by atoms with van der Waals surface area (Å²) in [6.45, 7) is 2.52. The molecule has 4 aromatic rings. The van der Waals surface area contributed by atoms with E-state index in [-0.39, 0.29) is 17.8 Å². The van der Waals surface area contributed by atoms with Crippen molar-refractivity contribution in [3.8, 4) is 5.69 Å². The lowest BCUT2D eigenvalue weighted by atomic mass is 10.00. The van der Waals surface area contributed by atoms with E-state index in [0.717, 1.165) is 28.9 Å². The predicted octanol–water partition coefficient (Wildman–Crippen LogP) is 6.32. The van der Waals surface area contributed by atoms with Crippen LogP contribution in [0.2, 0.25) is 0 Å². The molecular weight excluding hydrogens is 401 g/mol. The van der Waals surface area contributed by atoms with E-state index in [1.807, 2.05) is 36.5 Å². The third-order valence-corrected chi connectivity index (χ3v) is 6.04. The van der Waals surface area contributed by atoms with Gasteiger partial charge in [0.2, 0.25) is 0 Å². The molecule has 3 aromatic carbocycles. The van der Waals surface area contributed by atoms with Crippen LogP contribution in [-0.2, 0) is 13.0 Å². The fraction of sp³-hybridized carbons (Fsp3) is 0.148. The van der Waals surface area contributed by atoms with Crippen molar-refractivity contribution in [2.45, 2.75) is 25.9 Å². The predicted molar refractivity (Wildman–Crippen MR) is 124 cm³/mol. The van der Waals surface area contributed by atoms with Gasteiger partial charge < -0.3 is 14.8 Å². The van der Waals surface area contributed by atoms with Crippen LogP contribution >= 0.6 is 0 Å². The summed E-state index contributed by atoms with van der Waals surface area (Å²) in [5, 5.41) is 2.79. The molecule has 32 heavy (non-hydrogen) atoms. The van der Waals surface area contributed by atoms with Gasteiger partial charge in [-0.1, -0.05) is 61.5 Å². The molecule has 1 aliphatic heterocycles. The summed E-state index contributed by atoms with van der Waals surface area (Å²) >= 11 is 0.